The molecule has 4 aromatic rings. The Kier molecular flexibility index (Phi) is 9.38. The van der Waals surface area contributed by atoms with E-state index in [1.807, 2.05) is 32.2 Å². The molecule has 1 aliphatic rings. The number of aliphatic hydroxyl groups is 1. The molecular weight excluding hydrogens is 578 g/mol. The number of aromatic nitrogens is 2. The van der Waals surface area contributed by atoms with E-state index < -0.39 is 16.1 Å². The number of benzene rings is 3. The van der Waals surface area contributed by atoms with E-state index in [4.69, 9.17) is 4.74 Å². The van der Waals surface area contributed by atoms with Crippen LogP contribution >= 0.6 is 0 Å². The van der Waals surface area contributed by atoms with Gasteiger partial charge in [-0.1, -0.05) is 61.5 Å². The number of sulfonamides is 1. The number of ether oxygens (including phenoxy) is 1. The fourth-order valence-corrected chi connectivity index (χ4v) is 6.39. The molecule has 2 heterocycles. The van der Waals surface area contributed by atoms with E-state index >= 15 is 0 Å². The number of nitrogens with one attached hydrogen (secondary N) is 1. The highest BCUT2D eigenvalue weighted by molar-refractivity contribution is 7.92. The zero-order valence-electron chi connectivity index (χ0n) is 25.4. The van der Waals surface area contributed by atoms with Gasteiger partial charge in [-0.3, -0.25) is 14.4 Å². The molecule has 3 aromatic carbocycles. The van der Waals surface area contributed by atoms with Gasteiger partial charge < -0.3 is 19.3 Å². The van der Waals surface area contributed by atoms with Gasteiger partial charge in [-0.05, 0) is 48.9 Å². The van der Waals surface area contributed by atoms with Gasteiger partial charge in [0.05, 0.1) is 24.5 Å². The lowest BCUT2D eigenvalue weighted by molar-refractivity contribution is 0.0341. The molecule has 0 bridgehead atoms. The molecule has 0 fully saturated rings. The molecule has 232 valence electrons. The molecule has 0 saturated carbocycles. The highest BCUT2D eigenvalue weighted by Crippen LogP contribution is 2.31. The van der Waals surface area contributed by atoms with Gasteiger partial charge in [0.25, 0.3) is 15.9 Å². The van der Waals surface area contributed by atoms with E-state index in [0.29, 0.717) is 25.4 Å². The van der Waals surface area contributed by atoms with Crippen LogP contribution in [0, 0.1) is 5.92 Å². The van der Waals surface area contributed by atoms with Crippen molar-refractivity contribution in [3.63, 3.8) is 0 Å². The number of rotatable bonds is 10. The standard InChI is InChI=1S/C33H39N5O5S/c1-23-17-38(24(2)21-39)33(40)29-16-28(35-44(41,42)32-20-37(4)22-34-32)14-15-30(29)43-31(23)19-36(3)18-25-10-12-27(13-11-25)26-8-6-5-7-9-26/h5-16,20,22-24,31,35,39H,17-19,21H2,1-4H3/t23-,24-,31+/m0/s1. The Labute approximate surface area is 259 Å². The van der Waals surface area contributed by atoms with Crippen LogP contribution in [-0.2, 0) is 23.6 Å². The highest BCUT2D eigenvalue weighted by Gasteiger charge is 2.34. The van der Waals surface area contributed by atoms with Gasteiger partial charge in [0, 0.05) is 44.5 Å². The van der Waals surface area contributed by atoms with Crippen molar-refractivity contribution >= 4 is 21.6 Å². The van der Waals surface area contributed by atoms with Gasteiger partial charge in [-0.2, -0.15) is 8.42 Å². The first-order valence-electron chi connectivity index (χ1n) is 14.6. The van der Waals surface area contributed by atoms with Crippen LogP contribution in [-0.4, -0.2) is 77.7 Å². The van der Waals surface area contributed by atoms with Crippen LogP contribution in [0.25, 0.3) is 11.1 Å². The second kappa shape index (κ2) is 13.2. The van der Waals surface area contributed by atoms with Crippen LogP contribution in [0.5, 0.6) is 5.75 Å². The summed E-state index contributed by atoms with van der Waals surface area (Å²) in [5.41, 5.74) is 3.94. The number of aliphatic hydroxyl groups excluding tert-OH is 1. The molecule has 0 radical (unpaired) electrons. The van der Waals surface area contributed by atoms with Gasteiger partial charge in [0.2, 0.25) is 0 Å². The van der Waals surface area contributed by atoms with Crippen LogP contribution in [0.3, 0.4) is 0 Å². The van der Waals surface area contributed by atoms with Crippen molar-refractivity contribution in [3.05, 3.63) is 96.4 Å². The number of amides is 1. The summed E-state index contributed by atoms with van der Waals surface area (Å²) in [4.78, 5) is 21.5. The largest absolute Gasteiger partial charge is 0.488 e. The Hall–Kier alpha value is -4.19. The van der Waals surface area contributed by atoms with E-state index in [1.165, 1.54) is 29.7 Å². The molecule has 0 spiro atoms. The summed E-state index contributed by atoms with van der Waals surface area (Å²) in [5.74, 6) is -0.0213. The maximum Gasteiger partial charge on any atom is 0.280 e. The Morgan fingerprint density at radius 1 is 1.09 bits per heavy atom. The van der Waals surface area contributed by atoms with Crippen molar-refractivity contribution in [1.29, 1.82) is 0 Å². The number of carbonyl (C=O) groups excluding carboxylic acids is 1. The SMILES string of the molecule is C[C@H]1CN([C@@H](C)CO)C(=O)c2cc(NS(=O)(=O)c3cn(C)cn3)ccc2O[C@@H]1CN(C)Cc1ccc(-c2ccccc2)cc1. The molecule has 2 N–H and O–H groups in total. The van der Waals surface area contributed by atoms with Crippen LogP contribution < -0.4 is 9.46 Å². The first-order valence-corrected chi connectivity index (χ1v) is 16.1. The number of hydrogen-bond acceptors (Lipinski definition) is 7. The summed E-state index contributed by atoms with van der Waals surface area (Å²) in [6, 6.07) is 23.0. The maximum atomic E-state index is 13.8. The molecular formula is C33H39N5O5S. The Balaban J connectivity index is 1.36. The summed E-state index contributed by atoms with van der Waals surface area (Å²) in [6.07, 6.45) is 2.52. The minimum Gasteiger partial charge on any atom is -0.488 e. The Morgan fingerprint density at radius 2 is 1.80 bits per heavy atom. The number of fused-ring (bicyclic) bond motifs is 1. The van der Waals surface area contributed by atoms with Crippen molar-refractivity contribution < 1.29 is 23.1 Å². The third kappa shape index (κ3) is 7.12. The fourth-order valence-electron chi connectivity index (χ4n) is 5.36. The van der Waals surface area contributed by atoms with Gasteiger partial charge in [0.15, 0.2) is 5.03 Å². The smallest absolute Gasteiger partial charge is 0.280 e. The highest BCUT2D eigenvalue weighted by atomic mass is 32.2. The number of anilines is 1. The zero-order valence-corrected chi connectivity index (χ0v) is 26.2. The average molecular weight is 618 g/mol. The summed E-state index contributed by atoms with van der Waals surface area (Å²) < 4.78 is 36.4. The fraction of sp³-hybridized carbons (Fsp3) is 0.333. The Morgan fingerprint density at radius 3 is 2.45 bits per heavy atom. The normalized spacial score (nSPS) is 17.9. The maximum absolute atomic E-state index is 13.8. The molecule has 1 amide bonds. The first kappa shape index (κ1) is 31.2. The molecule has 44 heavy (non-hydrogen) atoms. The van der Waals surface area contributed by atoms with Crippen molar-refractivity contribution in [2.24, 2.45) is 13.0 Å². The van der Waals surface area contributed by atoms with Crippen molar-refractivity contribution in [2.45, 2.75) is 37.6 Å². The van der Waals surface area contributed by atoms with Crippen molar-refractivity contribution in [1.82, 2.24) is 19.4 Å². The number of aryl methyl sites for hydroxylation is 1. The molecule has 5 rings (SSSR count). The number of hydrogen-bond donors (Lipinski definition) is 2. The molecule has 1 aromatic heterocycles. The van der Waals surface area contributed by atoms with Gasteiger partial charge in [-0.25, -0.2) is 4.98 Å². The van der Waals surface area contributed by atoms with Gasteiger partial charge in [-0.15, -0.1) is 0 Å². The zero-order chi connectivity index (χ0) is 31.4. The second-order valence-electron chi connectivity index (χ2n) is 11.6. The van der Waals surface area contributed by atoms with Crippen LogP contribution in [0.2, 0.25) is 0 Å². The van der Waals surface area contributed by atoms with E-state index in [-0.39, 0.29) is 40.8 Å². The van der Waals surface area contributed by atoms with Crippen LogP contribution in [0.15, 0.2) is 90.3 Å². The summed E-state index contributed by atoms with van der Waals surface area (Å²) in [5, 5.41) is 9.84. The summed E-state index contributed by atoms with van der Waals surface area (Å²) in [7, 11) is -0.247. The number of nitrogens with zero attached hydrogens (tertiary/aromatic N) is 4. The molecule has 0 unspecified atom stereocenters. The number of likely N-dealkylation sites (N-methyl/N-ethyl adjacent to an activating group) is 1. The monoisotopic (exact) mass is 617 g/mol. The van der Waals surface area contributed by atoms with Gasteiger partial charge >= 0.3 is 0 Å². The topological polar surface area (TPSA) is 117 Å². The van der Waals surface area contributed by atoms with Crippen LogP contribution in [0.4, 0.5) is 5.69 Å². The number of carbonyl (C=O) groups is 1. The molecule has 0 saturated heterocycles. The van der Waals surface area contributed by atoms with Crippen molar-refractivity contribution in [3.8, 4) is 16.9 Å². The molecule has 3 atom stereocenters. The average Bonchev–Trinajstić information content (AvgIpc) is 3.47. The lowest BCUT2D eigenvalue weighted by Crippen LogP contribution is -2.49. The summed E-state index contributed by atoms with van der Waals surface area (Å²) >= 11 is 0. The first-order chi connectivity index (χ1) is 21.0. The van der Waals surface area contributed by atoms with E-state index in [9.17, 15) is 18.3 Å². The molecule has 10 nitrogen and oxygen atoms in total. The third-order valence-electron chi connectivity index (χ3n) is 7.88. The number of imidazole rings is 1. The van der Waals surface area contributed by atoms with E-state index in [2.05, 4.69) is 51.0 Å². The van der Waals surface area contributed by atoms with Gasteiger partial charge in [0.1, 0.15) is 11.9 Å². The van der Waals surface area contributed by atoms with E-state index in [0.717, 1.165) is 5.56 Å². The quantitative estimate of drug-likeness (QED) is 0.273. The lowest BCUT2D eigenvalue weighted by Gasteiger charge is -2.38. The molecule has 11 heteroatoms. The minimum atomic E-state index is -3.97. The molecule has 0 aliphatic carbocycles. The lowest BCUT2D eigenvalue weighted by atomic mass is 9.99. The molecule has 1 aliphatic heterocycles. The minimum absolute atomic E-state index is 0.0497. The summed E-state index contributed by atoms with van der Waals surface area (Å²) in [6.45, 7) is 5.29. The predicted molar refractivity (Wildman–Crippen MR) is 170 cm³/mol. The predicted octanol–water partition coefficient (Wildman–Crippen LogP) is 4.24. The van der Waals surface area contributed by atoms with Crippen LogP contribution in [0.1, 0.15) is 29.8 Å². The van der Waals surface area contributed by atoms with Crippen molar-refractivity contribution in [2.75, 3.05) is 31.5 Å². The third-order valence-corrected chi connectivity index (χ3v) is 9.14. The Bertz CT molecular complexity index is 1690. The van der Waals surface area contributed by atoms with E-state index in [1.54, 1.807) is 35.6 Å². The second-order valence-corrected chi connectivity index (χ2v) is 13.2.